The molecule has 0 N–H and O–H groups in total. The van der Waals surface area contributed by atoms with Crippen molar-refractivity contribution in [2.24, 2.45) is 0 Å². The second-order valence-electron chi connectivity index (χ2n) is 7.55. The molecule has 0 saturated carbocycles. The molecular weight excluding hydrogens is 371 g/mol. The van der Waals surface area contributed by atoms with Crippen molar-refractivity contribution in [3.63, 3.8) is 0 Å². The summed E-state index contributed by atoms with van der Waals surface area (Å²) in [5.41, 5.74) is 1.67. The van der Waals surface area contributed by atoms with Crippen LogP contribution < -0.4 is 4.90 Å². The number of hydrogen-bond acceptors (Lipinski definition) is 5. The fourth-order valence-corrected chi connectivity index (χ4v) is 3.93. The number of hydrogen-bond donors (Lipinski definition) is 0. The van der Waals surface area contributed by atoms with Gasteiger partial charge >= 0.3 is 0 Å². The summed E-state index contributed by atoms with van der Waals surface area (Å²) in [7, 11) is 0. The molecule has 0 unspecified atom stereocenters. The Morgan fingerprint density at radius 2 is 1.90 bits per heavy atom. The van der Waals surface area contributed by atoms with Crippen molar-refractivity contribution in [2.45, 2.75) is 13.0 Å². The van der Waals surface area contributed by atoms with Crippen LogP contribution >= 0.6 is 0 Å². The molecule has 0 atom stereocenters. The molecule has 2 aliphatic rings. The smallest absolute Gasteiger partial charge is 0.254 e. The Balaban J connectivity index is 1.39. The fraction of sp³-hybridized carbons (Fsp3) is 0.455. The Morgan fingerprint density at radius 1 is 1.03 bits per heavy atom. The molecule has 0 spiro atoms. The van der Waals surface area contributed by atoms with Crippen LogP contribution in [0.5, 0.6) is 0 Å². The van der Waals surface area contributed by atoms with Gasteiger partial charge in [0.15, 0.2) is 0 Å². The minimum atomic E-state index is -0.190. The number of aromatic nitrogens is 1. The first-order valence-electron chi connectivity index (χ1n) is 10.2. The molecule has 2 aliphatic heterocycles. The molecule has 29 heavy (non-hydrogen) atoms. The largest absolute Gasteiger partial charge is 0.378 e. The van der Waals surface area contributed by atoms with Gasteiger partial charge in [0, 0.05) is 57.6 Å². The molecule has 0 aliphatic carbocycles. The van der Waals surface area contributed by atoms with E-state index < -0.39 is 0 Å². The lowest BCUT2D eigenvalue weighted by molar-refractivity contribution is 0.0303. The van der Waals surface area contributed by atoms with Gasteiger partial charge in [-0.15, -0.1) is 0 Å². The van der Waals surface area contributed by atoms with Crippen LogP contribution in [0.3, 0.4) is 0 Å². The van der Waals surface area contributed by atoms with E-state index in [1.54, 1.807) is 24.4 Å². The van der Waals surface area contributed by atoms with Gasteiger partial charge in [0.25, 0.3) is 5.91 Å². The molecule has 1 aromatic carbocycles. The number of ether oxygens (including phenoxy) is 1. The summed E-state index contributed by atoms with van der Waals surface area (Å²) in [4.78, 5) is 23.7. The van der Waals surface area contributed by atoms with Crippen LogP contribution in [0.1, 0.15) is 22.3 Å². The number of morpholine rings is 1. The third-order valence-electron chi connectivity index (χ3n) is 5.50. The highest BCUT2D eigenvalue weighted by atomic mass is 19.1. The summed E-state index contributed by atoms with van der Waals surface area (Å²) in [6.45, 7) is 6.76. The van der Waals surface area contributed by atoms with E-state index >= 15 is 0 Å². The van der Waals surface area contributed by atoms with Gasteiger partial charge in [-0.2, -0.15) is 0 Å². The standard InChI is InChI=1S/C22H27FN4O2/c23-20-4-1-3-18(15-20)17-25-7-2-8-26(10-9-25)21-16-19(5-6-24-21)22(28)27-11-13-29-14-12-27/h1,3-6,15-16H,2,7-14,17H2. The van der Waals surface area contributed by atoms with E-state index in [1.165, 1.54) is 6.07 Å². The summed E-state index contributed by atoms with van der Waals surface area (Å²) in [5, 5.41) is 0. The molecule has 1 amide bonds. The van der Waals surface area contributed by atoms with Gasteiger partial charge in [-0.25, -0.2) is 9.37 Å². The van der Waals surface area contributed by atoms with Crippen molar-refractivity contribution in [3.05, 3.63) is 59.5 Å². The number of nitrogens with zero attached hydrogens (tertiary/aromatic N) is 4. The van der Waals surface area contributed by atoms with Gasteiger partial charge in [-0.05, 0) is 36.2 Å². The third-order valence-corrected chi connectivity index (χ3v) is 5.50. The maximum absolute atomic E-state index is 13.4. The molecular formula is C22H27FN4O2. The molecule has 1 aromatic heterocycles. The quantitative estimate of drug-likeness (QED) is 0.792. The number of amides is 1. The van der Waals surface area contributed by atoms with Crippen LogP contribution in [0, 0.1) is 5.82 Å². The van der Waals surface area contributed by atoms with Crippen LogP contribution in [-0.2, 0) is 11.3 Å². The predicted molar refractivity (Wildman–Crippen MR) is 109 cm³/mol. The number of carbonyl (C=O) groups excluding carboxylic acids is 1. The lowest BCUT2D eigenvalue weighted by Gasteiger charge is -2.27. The van der Waals surface area contributed by atoms with E-state index in [2.05, 4.69) is 14.8 Å². The number of rotatable bonds is 4. The zero-order valence-electron chi connectivity index (χ0n) is 16.6. The lowest BCUT2D eigenvalue weighted by atomic mass is 10.2. The first-order valence-corrected chi connectivity index (χ1v) is 10.2. The Kier molecular flexibility index (Phi) is 6.36. The Hall–Kier alpha value is -2.51. The normalized spacial score (nSPS) is 18.5. The average molecular weight is 398 g/mol. The minimum Gasteiger partial charge on any atom is -0.378 e. The predicted octanol–water partition coefficient (Wildman–Crippen LogP) is 2.41. The molecule has 4 rings (SSSR count). The number of anilines is 1. The van der Waals surface area contributed by atoms with E-state index in [9.17, 15) is 9.18 Å². The van der Waals surface area contributed by atoms with Crippen LogP contribution in [0.4, 0.5) is 10.2 Å². The second-order valence-corrected chi connectivity index (χ2v) is 7.55. The van der Waals surface area contributed by atoms with Crippen LogP contribution in [0.2, 0.25) is 0 Å². The van der Waals surface area contributed by atoms with Gasteiger partial charge in [0.1, 0.15) is 11.6 Å². The van der Waals surface area contributed by atoms with Crippen molar-refractivity contribution < 1.29 is 13.9 Å². The van der Waals surface area contributed by atoms with Crippen molar-refractivity contribution in [1.29, 1.82) is 0 Å². The van der Waals surface area contributed by atoms with Gasteiger partial charge in [-0.3, -0.25) is 9.69 Å². The van der Waals surface area contributed by atoms with E-state index in [1.807, 2.05) is 17.0 Å². The van der Waals surface area contributed by atoms with Gasteiger partial charge in [-0.1, -0.05) is 12.1 Å². The SMILES string of the molecule is O=C(c1ccnc(N2CCCN(Cc3cccc(F)c3)CC2)c1)N1CCOCC1. The van der Waals surface area contributed by atoms with E-state index in [4.69, 9.17) is 4.74 Å². The Bertz CT molecular complexity index is 841. The van der Waals surface area contributed by atoms with Crippen LogP contribution in [0.15, 0.2) is 42.6 Å². The number of halogens is 1. The van der Waals surface area contributed by atoms with Crippen molar-refractivity contribution >= 4 is 11.7 Å². The monoisotopic (exact) mass is 398 g/mol. The topological polar surface area (TPSA) is 48.9 Å². The minimum absolute atomic E-state index is 0.0412. The molecule has 3 heterocycles. The Labute approximate surface area is 170 Å². The van der Waals surface area contributed by atoms with Crippen LogP contribution in [0.25, 0.3) is 0 Å². The van der Waals surface area contributed by atoms with Crippen molar-refractivity contribution in [2.75, 3.05) is 57.4 Å². The molecule has 2 aromatic rings. The summed E-state index contributed by atoms with van der Waals surface area (Å²) in [6, 6.07) is 10.5. The summed E-state index contributed by atoms with van der Waals surface area (Å²) >= 11 is 0. The molecule has 6 nitrogen and oxygen atoms in total. The first-order chi connectivity index (χ1) is 14.2. The molecule has 0 bridgehead atoms. The maximum atomic E-state index is 13.4. The third kappa shape index (κ3) is 5.10. The molecule has 154 valence electrons. The van der Waals surface area contributed by atoms with E-state index in [-0.39, 0.29) is 11.7 Å². The molecule has 0 radical (unpaired) electrons. The number of carbonyl (C=O) groups is 1. The van der Waals surface area contributed by atoms with E-state index in [0.29, 0.717) is 31.9 Å². The Morgan fingerprint density at radius 3 is 2.72 bits per heavy atom. The molecule has 2 fully saturated rings. The van der Waals surface area contributed by atoms with Gasteiger partial charge < -0.3 is 14.5 Å². The van der Waals surface area contributed by atoms with Crippen molar-refractivity contribution in [3.8, 4) is 0 Å². The zero-order valence-corrected chi connectivity index (χ0v) is 16.6. The highest BCUT2D eigenvalue weighted by molar-refractivity contribution is 5.94. The summed E-state index contributed by atoms with van der Waals surface area (Å²) in [6.07, 6.45) is 2.72. The molecule has 2 saturated heterocycles. The van der Waals surface area contributed by atoms with E-state index in [0.717, 1.165) is 50.5 Å². The number of pyridine rings is 1. The summed E-state index contributed by atoms with van der Waals surface area (Å²) < 4.78 is 18.8. The van der Waals surface area contributed by atoms with Crippen LogP contribution in [-0.4, -0.2) is 73.2 Å². The number of benzene rings is 1. The first kappa shape index (κ1) is 19.8. The fourth-order valence-electron chi connectivity index (χ4n) is 3.93. The summed E-state index contributed by atoms with van der Waals surface area (Å²) in [5.74, 6) is 0.695. The van der Waals surface area contributed by atoms with Gasteiger partial charge in [0.2, 0.25) is 0 Å². The van der Waals surface area contributed by atoms with Gasteiger partial charge in [0.05, 0.1) is 13.2 Å². The molecule has 7 heteroatoms. The average Bonchev–Trinajstić information content (AvgIpc) is 3.00. The zero-order chi connectivity index (χ0) is 20.1. The highest BCUT2D eigenvalue weighted by Crippen LogP contribution is 2.18. The van der Waals surface area contributed by atoms with Crippen molar-refractivity contribution in [1.82, 2.24) is 14.8 Å². The highest BCUT2D eigenvalue weighted by Gasteiger charge is 2.21. The maximum Gasteiger partial charge on any atom is 0.254 e. The lowest BCUT2D eigenvalue weighted by Crippen LogP contribution is -2.40. The second kappa shape index (κ2) is 9.33.